The lowest BCUT2D eigenvalue weighted by atomic mass is 9.90. The standard InChI is InChI=1S/C12H17N3O4/c16-10(1-5-15-6-4-13-9-15)14-12(11(17)18)2-7-19-8-3-12/h4,6,9H,1-3,5,7-8H2,(H,14,16)(H,17,18). The largest absolute Gasteiger partial charge is 0.480 e. The summed E-state index contributed by atoms with van der Waals surface area (Å²) in [4.78, 5) is 27.1. The summed E-state index contributed by atoms with van der Waals surface area (Å²) in [5.74, 6) is -1.26. The van der Waals surface area contributed by atoms with Gasteiger partial charge in [0.15, 0.2) is 0 Å². The maximum atomic E-state index is 11.9. The Morgan fingerprint density at radius 2 is 2.16 bits per heavy atom. The average molecular weight is 267 g/mol. The van der Waals surface area contributed by atoms with E-state index in [1.165, 1.54) is 0 Å². The van der Waals surface area contributed by atoms with E-state index in [1.807, 2.05) is 0 Å². The summed E-state index contributed by atoms with van der Waals surface area (Å²) in [6.07, 6.45) is 5.85. The van der Waals surface area contributed by atoms with Gasteiger partial charge in [-0.25, -0.2) is 9.78 Å². The first-order valence-electron chi connectivity index (χ1n) is 6.20. The molecule has 0 aliphatic carbocycles. The third kappa shape index (κ3) is 3.31. The Morgan fingerprint density at radius 3 is 2.74 bits per heavy atom. The number of rotatable bonds is 5. The van der Waals surface area contributed by atoms with Crippen molar-refractivity contribution < 1.29 is 19.4 Å². The lowest BCUT2D eigenvalue weighted by Crippen LogP contribution is -2.57. The number of amides is 1. The molecular weight excluding hydrogens is 250 g/mol. The van der Waals surface area contributed by atoms with Crippen LogP contribution >= 0.6 is 0 Å². The number of ether oxygens (including phenoxy) is 1. The van der Waals surface area contributed by atoms with Crippen LogP contribution in [-0.2, 0) is 20.9 Å². The normalized spacial score (nSPS) is 17.9. The van der Waals surface area contributed by atoms with E-state index < -0.39 is 11.5 Å². The SMILES string of the molecule is O=C(CCn1ccnc1)NC1(C(=O)O)CCOCC1. The molecule has 1 saturated heterocycles. The molecule has 1 amide bonds. The Morgan fingerprint density at radius 1 is 1.42 bits per heavy atom. The van der Waals surface area contributed by atoms with E-state index in [0.29, 0.717) is 32.6 Å². The Balaban J connectivity index is 1.90. The van der Waals surface area contributed by atoms with E-state index in [1.54, 1.807) is 23.3 Å². The van der Waals surface area contributed by atoms with Crippen LogP contribution in [0.5, 0.6) is 0 Å². The fraction of sp³-hybridized carbons (Fsp3) is 0.583. The number of nitrogens with one attached hydrogen (secondary N) is 1. The zero-order valence-corrected chi connectivity index (χ0v) is 10.5. The maximum Gasteiger partial charge on any atom is 0.329 e. The molecule has 1 aromatic rings. The van der Waals surface area contributed by atoms with Gasteiger partial charge >= 0.3 is 5.97 Å². The molecule has 7 nitrogen and oxygen atoms in total. The Kier molecular flexibility index (Phi) is 4.16. The number of carboxylic acid groups (broad SMARTS) is 1. The van der Waals surface area contributed by atoms with Crippen LogP contribution in [-0.4, -0.2) is 45.3 Å². The van der Waals surface area contributed by atoms with Gasteiger partial charge in [0.05, 0.1) is 6.33 Å². The number of imidazole rings is 1. The third-order valence-corrected chi connectivity index (χ3v) is 3.29. The van der Waals surface area contributed by atoms with Gasteiger partial charge in [0.25, 0.3) is 0 Å². The highest BCUT2D eigenvalue weighted by atomic mass is 16.5. The summed E-state index contributed by atoms with van der Waals surface area (Å²) >= 11 is 0. The van der Waals surface area contributed by atoms with Crippen LogP contribution in [0, 0.1) is 0 Å². The average Bonchev–Trinajstić information content (AvgIpc) is 2.90. The predicted molar refractivity (Wildman–Crippen MR) is 65.4 cm³/mol. The molecule has 1 aromatic heterocycles. The van der Waals surface area contributed by atoms with Crippen molar-refractivity contribution in [1.82, 2.24) is 14.9 Å². The Bertz CT molecular complexity index is 438. The van der Waals surface area contributed by atoms with E-state index in [0.717, 1.165) is 0 Å². The highest BCUT2D eigenvalue weighted by molar-refractivity contribution is 5.87. The van der Waals surface area contributed by atoms with Crippen molar-refractivity contribution in [3.8, 4) is 0 Å². The van der Waals surface area contributed by atoms with E-state index in [9.17, 15) is 14.7 Å². The quantitative estimate of drug-likeness (QED) is 0.784. The van der Waals surface area contributed by atoms with Crippen LogP contribution in [0.1, 0.15) is 19.3 Å². The maximum absolute atomic E-state index is 11.9. The molecule has 2 N–H and O–H groups in total. The van der Waals surface area contributed by atoms with Gasteiger partial charge in [-0.15, -0.1) is 0 Å². The number of nitrogens with zero attached hydrogens (tertiary/aromatic N) is 2. The molecule has 1 aliphatic rings. The van der Waals surface area contributed by atoms with Gasteiger partial charge in [0, 0.05) is 51.4 Å². The van der Waals surface area contributed by atoms with Gasteiger partial charge < -0.3 is 19.7 Å². The fourth-order valence-electron chi connectivity index (χ4n) is 2.09. The van der Waals surface area contributed by atoms with Crippen LogP contribution in [0.4, 0.5) is 0 Å². The molecule has 0 radical (unpaired) electrons. The smallest absolute Gasteiger partial charge is 0.329 e. The number of carboxylic acids is 1. The lowest BCUT2D eigenvalue weighted by molar-refractivity contribution is -0.152. The van der Waals surface area contributed by atoms with Crippen LogP contribution in [0.2, 0.25) is 0 Å². The van der Waals surface area contributed by atoms with Gasteiger partial charge in [-0.2, -0.15) is 0 Å². The van der Waals surface area contributed by atoms with Gasteiger partial charge in [-0.3, -0.25) is 4.79 Å². The molecule has 19 heavy (non-hydrogen) atoms. The van der Waals surface area contributed by atoms with Crippen molar-refractivity contribution in [3.05, 3.63) is 18.7 Å². The fourth-order valence-corrected chi connectivity index (χ4v) is 2.09. The molecule has 0 aromatic carbocycles. The second-order valence-electron chi connectivity index (χ2n) is 4.60. The second-order valence-corrected chi connectivity index (χ2v) is 4.60. The molecule has 2 heterocycles. The minimum absolute atomic E-state index is 0.228. The topological polar surface area (TPSA) is 93.5 Å². The minimum Gasteiger partial charge on any atom is -0.480 e. The van der Waals surface area contributed by atoms with Crippen molar-refractivity contribution in [2.45, 2.75) is 31.3 Å². The number of aromatic nitrogens is 2. The molecule has 0 bridgehead atoms. The van der Waals surface area contributed by atoms with E-state index in [4.69, 9.17) is 4.74 Å². The molecule has 0 spiro atoms. The van der Waals surface area contributed by atoms with Gasteiger partial charge in [-0.1, -0.05) is 0 Å². The van der Waals surface area contributed by atoms with Crippen molar-refractivity contribution >= 4 is 11.9 Å². The van der Waals surface area contributed by atoms with Gasteiger partial charge in [0.1, 0.15) is 5.54 Å². The zero-order chi connectivity index (χ0) is 13.7. The van der Waals surface area contributed by atoms with E-state index >= 15 is 0 Å². The first-order valence-corrected chi connectivity index (χ1v) is 6.20. The van der Waals surface area contributed by atoms with Crippen molar-refractivity contribution in [2.75, 3.05) is 13.2 Å². The lowest BCUT2D eigenvalue weighted by Gasteiger charge is -2.33. The van der Waals surface area contributed by atoms with Crippen molar-refractivity contribution in [2.24, 2.45) is 0 Å². The first-order chi connectivity index (χ1) is 9.12. The number of carbonyl (C=O) groups excluding carboxylic acids is 1. The number of aliphatic carboxylic acids is 1. The van der Waals surface area contributed by atoms with Crippen LogP contribution in [0.15, 0.2) is 18.7 Å². The molecular formula is C12H17N3O4. The van der Waals surface area contributed by atoms with Crippen molar-refractivity contribution in [1.29, 1.82) is 0 Å². The van der Waals surface area contributed by atoms with E-state index in [-0.39, 0.29) is 12.3 Å². The Labute approximate surface area is 110 Å². The summed E-state index contributed by atoms with van der Waals surface area (Å²) < 4.78 is 6.92. The molecule has 2 rings (SSSR count). The molecule has 0 unspecified atom stereocenters. The number of hydrogen-bond acceptors (Lipinski definition) is 4. The van der Waals surface area contributed by atoms with Gasteiger partial charge in [-0.05, 0) is 0 Å². The Hall–Kier alpha value is -1.89. The summed E-state index contributed by atoms with van der Waals surface area (Å²) in [7, 11) is 0. The number of hydrogen-bond donors (Lipinski definition) is 2. The third-order valence-electron chi connectivity index (χ3n) is 3.29. The number of aryl methyl sites for hydroxylation is 1. The summed E-state index contributed by atoms with van der Waals surface area (Å²) in [6, 6.07) is 0. The monoisotopic (exact) mass is 267 g/mol. The minimum atomic E-state index is -1.18. The molecule has 1 fully saturated rings. The van der Waals surface area contributed by atoms with E-state index in [2.05, 4.69) is 10.3 Å². The first kappa shape index (κ1) is 13.5. The zero-order valence-electron chi connectivity index (χ0n) is 10.5. The second kappa shape index (κ2) is 5.83. The van der Waals surface area contributed by atoms with Gasteiger partial charge in [0.2, 0.25) is 5.91 Å². The van der Waals surface area contributed by atoms with Crippen LogP contribution in [0.25, 0.3) is 0 Å². The van der Waals surface area contributed by atoms with Crippen LogP contribution < -0.4 is 5.32 Å². The molecule has 7 heteroatoms. The number of carbonyl (C=O) groups is 2. The summed E-state index contributed by atoms with van der Waals surface area (Å²) in [5, 5.41) is 11.9. The molecule has 104 valence electrons. The molecule has 0 saturated carbocycles. The summed E-state index contributed by atoms with van der Waals surface area (Å²) in [5.41, 5.74) is -1.18. The predicted octanol–water partition coefficient (Wildman–Crippen LogP) is 0.0232. The molecule has 0 atom stereocenters. The highest BCUT2D eigenvalue weighted by Crippen LogP contribution is 2.21. The van der Waals surface area contributed by atoms with Crippen LogP contribution in [0.3, 0.4) is 0 Å². The molecule has 1 aliphatic heterocycles. The van der Waals surface area contributed by atoms with Crippen molar-refractivity contribution in [3.63, 3.8) is 0 Å². The summed E-state index contributed by atoms with van der Waals surface area (Å²) in [6.45, 7) is 1.19. The highest BCUT2D eigenvalue weighted by Gasteiger charge is 2.41.